The van der Waals surface area contributed by atoms with Crippen molar-refractivity contribution >= 4 is 28.7 Å². The number of para-hydroxylation sites is 1. The van der Waals surface area contributed by atoms with Gasteiger partial charge in [0.2, 0.25) is 5.88 Å². The molecule has 1 saturated heterocycles. The summed E-state index contributed by atoms with van der Waals surface area (Å²) in [6.45, 7) is 8.15. The lowest BCUT2D eigenvalue weighted by Gasteiger charge is -2.36. The number of nitrogens with zero attached hydrogens (tertiary/aromatic N) is 5. The SMILES string of the molecule is CC(C)COc1cc(N2CCN(c3c(C=O)n(C)c4ccccc34)CC2)ncn1. The molecule has 2 aromatic heterocycles. The number of rotatable bonds is 6. The van der Waals surface area contributed by atoms with Crippen LogP contribution in [0.25, 0.3) is 10.9 Å². The fourth-order valence-corrected chi connectivity index (χ4v) is 3.85. The van der Waals surface area contributed by atoms with E-state index in [9.17, 15) is 4.79 Å². The number of aryl methyl sites for hydroxylation is 1. The van der Waals surface area contributed by atoms with Crippen LogP contribution in [0.3, 0.4) is 0 Å². The minimum atomic E-state index is 0.449. The maximum absolute atomic E-state index is 11.8. The van der Waals surface area contributed by atoms with Crippen LogP contribution >= 0.6 is 0 Å². The summed E-state index contributed by atoms with van der Waals surface area (Å²) in [6, 6.07) is 10.1. The topological polar surface area (TPSA) is 63.5 Å². The predicted molar refractivity (Wildman–Crippen MR) is 115 cm³/mol. The van der Waals surface area contributed by atoms with E-state index in [1.165, 1.54) is 0 Å². The smallest absolute Gasteiger partial charge is 0.218 e. The van der Waals surface area contributed by atoms with Gasteiger partial charge in [-0.15, -0.1) is 0 Å². The standard InChI is InChI=1S/C22H27N5O2/c1-16(2)14-29-21-12-20(23-15-24-21)26-8-10-27(11-9-26)22-17-6-4-5-7-18(17)25(3)19(22)13-28/h4-7,12-13,15-16H,8-11,14H2,1-3H3. The van der Waals surface area contributed by atoms with Crippen LogP contribution in [0.15, 0.2) is 36.7 Å². The van der Waals surface area contributed by atoms with Crippen molar-refractivity contribution in [2.24, 2.45) is 13.0 Å². The second-order valence-corrected chi connectivity index (χ2v) is 7.82. The molecule has 7 nitrogen and oxygen atoms in total. The van der Waals surface area contributed by atoms with E-state index >= 15 is 0 Å². The van der Waals surface area contributed by atoms with Gasteiger partial charge in [-0.1, -0.05) is 32.0 Å². The van der Waals surface area contributed by atoms with Gasteiger partial charge in [0.1, 0.15) is 17.8 Å². The minimum absolute atomic E-state index is 0.449. The van der Waals surface area contributed by atoms with Gasteiger partial charge < -0.3 is 19.1 Å². The molecule has 0 amide bonds. The molecule has 0 N–H and O–H groups in total. The Morgan fingerprint density at radius 1 is 1.10 bits per heavy atom. The molecule has 1 aromatic carbocycles. The summed E-state index contributed by atoms with van der Waals surface area (Å²) in [5.74, 6) is 1.94. The van der Waals surface area contributed by atoms with Gasteiger partial charge in [0.05, 0.1) is 17.8 Å². The number of piperazine rings is 1. The van der Waals surface area contributed by atoms with E-state index in [0.29, 0.717) is 18.4 Å². The number of hydrogen-bond acceptors (Lipinski definition) is 6. The van der Waals surface area contributed by atoms with Crippen molar-refractivity contribution in [1.82, 2.24) is 14.5 Å². The molecule has 0 atom stereocenters. The van der Waals surface area contributed by atoms with Crippen molar-refractivity contribution in [3.8, 4) is 5.88 Å². The lowest BCUT2D eigenvalue weighted by molar-refractivity contribution is 0.111. The maximum atomic E-state index is 11.8. The summed E-state index contributed by atoms with van der Waals surface area (Å²) >= 11 is 0. The van der Waals surface area contributed by atoms with Crippen LogP contribution in [-0.2, 0) is 7.05 Å². The van der Waals surface area contributed by atoms with Crippen LogP contribution < -0.4 is 14.5 Å². The van der Waals surface area contributed by atoms with E-state index in [1.54, 1.807) is 6.33 Å². The number of aromatic nitrogens is 3. The number of aldehydes is 1. The molecule has 0 unspecified atom stereocenters. The number of carbonyl (C=O) groups excluding carboxylic acids is 1. The monoisotopic (exact) mass is 393 g/mol. The Labute approximate surface area is 170 Å². The van der Waals surface area contributed by atoms with Crippen LogP contribution in [0, 0.1) is 5.92 Å². The average molecular weight is 393 g/mol. The molecule has 7 heteroatoms. The molecule has 1 fully saturated rings. The molecule has 0 bridgehead atoms. The van der Waals surface area contributed by atoms with Crippen LogP contribution in [0.1, 0.15) is 24.3 Å². The fraction of sp³-hybridized carbons (Fsp3) is 0.409. The minimum Gasteiger partial charge on any atom is -0.477 e. The van der Waals surface area contributed by atoms with Crippen molar-refractivity contribution < 1.29 is 9.53 Å². The molecule has 0 aliphatic carbocycles. The Morgan fingerprint density at radius 2 is 1.83 bits per heavy atom. The van der Waals surface area contributed by atoms with Crippen molar-refractivity contribution in [3.63, 3.8) is 0 Å². The summed E-state index contributed by atoms with van der Waals surface area (Å²) < 4.78 is 7.72. The highest BCUT2D eigenvalue weighted by molar-refractivity contribution is 6.03. The Kier molecular flexibility index (Phi) is 5.38. The summed E-state index contributed by atoms with van der Waals surface area (Å²) in [5, 5.41) is 1.12. The van der Waals surface area contributed by atoms with Crippen molar-refractivity contribution in [2.45, 2.75) is 13.8 Å². The first-order chi connectivity index (χ1) is 14.1. The lowest BCUT2D eigenvalue weighted by atomic mass is 10.2. The predicted octanol–water partition coefficient (Wildman–Crippen LogP) is 3.14. The third kappa shape index (κ3) is 3.77. The van der Waals surface area contributed by atoms with Crippen LogP contribution in [0.5, 0.6) is 5.88 Å². The van der Waals surface area contributed by atoms with E-state index in [2.05, 4.69) is 45.7 Å². The normalized spacial score (nSPS) is 14.6. The number of hydrogen-bond donors (Lipinski definition) is 0. The van der Waals surface area contributed by atoms with E-state index in [0.717, 1.165) is 60.6 Å². The van der Waals surface area contributed by atoms with E-state index in [4.69, 9.17) is 4.74 Å². The molecule has 4 rings (SSSR count). The van der Waals surface area contributed by atoms with Gasteiger partial charge in [0, 0.05) is 44.7 Å². The second kappa shape index (κ2) is 8.11. The van der Waals surface area contributed by atoms with E-state index in [-0.39, 0.29) is 0 Å². The number of carbonyl (C=O) groups is 1. The summed E-state index contributed by atoms with van der Waals surface area (Å²) in [7, 11) is 1.95. The first kappa shape index (κ1) is 19.2. The zero-order valence-electron chi connectivity index (χ0n) is 17.2. The molecular weight excluding hydrogens is 366 g/mol. The van der Waals surface area contributed by atoms with Gasteiger partial charge in [-0.3, -0.25) is 4.79 Å². The number of fused-ring (bicyclic) bond motifs is 1. The van der Waals surface area contributed by atoms with Gasteiger partial charge in [0.15, 0.2) is 6.29 Å². The third-order valence-corrected chi connectivity index (χ3v) is 5.35. The largest absolute Gasteiger partial charge is 0.477 e. The molecule has 3 heterocycles. The summed E-state index contributed by atoms with van der Waals surface area (Å²) in [6.07, 6.45) is 2.52. The highest BCUT2D eigenvalue weighted by Crippen LogP contribution is 2.33. The van der Waals surface area contributed by atoms with Crippen molar-refractivity contribution in [1.29, 1.82) is 0 Å². The van der Waals surface area contributed by atoms with Crippen LogP contribution in [0.2, 0.25) is 0 Å². The molecule has 152 valence electrons. The van der Waals surface area contributed by atoms with Gasteiger partial charge in [-0.05, 0) is 12.0 Å². The molecule has 0 saturated carbocycles. The first-order valence-corrected chi connectivity index (χ1v) is 10.1. The first-order valence-electron chi connectivity index (χ1n) is 10.1. The van der Waals surface area contributed by atoms with Gasteiger partial charge in [0.25, 0.3) is 0 Å². The van der Waals surface area contributed by atoms with Gasteiger partial charge in [-0.2, -0.15) is 0 Å². The van der Waals surface area contributed by atoms with E-state index < -0.39 is 0 Å². The quantitative estimate of drug-likeness (QED) is 0.600. The van der Waals surface area contributed by atoms with Crippen molar-refractivity contribution in [2.75, 3.05) is 42.6 Å². The number of benzene rings is 1. The van der Waals surface area contributed by atoms with E-state index in [1.807, 2.05) is 29.8 Å². The van der Waals surface area contributed by atoms with Gasteiger partial charge in [-0.25, -0.2) is 9.97 Å². The van der Waals surface area contributed by atoms with Crippen molar-refractivity contribution in [3.05, 3.63) is 42.4 Å². The van der Waals surface area contributed by atoms with Crippen LogP contribution in [0.4, 0.5) is 11.5 Å². The second-order valence-electron chi connectivity index (χ2n) is 7.82. The zero-order valence-corrected chi connectivity index (χ0v) is 17.2. The molecule has 0 radical (unpaired) electrons. The Hall–Kier alpha value is -3.09. The number of anilines is 2. The molecule has 3 aromatic rings. The molecule has 1 aliphatic heterocycles. The third-order valence-electron chi connectivity index (χ3n) is 5.35. The zero-order chi connectivity index (χ0) is 20.4. The maximum Gasteiger partial charge on any atom is 0.218 e. The molecule has 1 aliphatic rings. The molecule has 29 heavy (non-hydrogen) atoms. The Morgan fingerprint density at radius 3 is 2.55 bits per heavy atom. The highest BCUT2D eigenvalue weighted by Gasteiger charge is 2.24. The average Bonchev–Trinajstić information content (AvgIpc) is 3.04. The molecule has 0 spiro atoms. The van der Waals surface area contributed by atoms with Crippen LogP contribution in [-0.4, -0.2) is 53.6 Å². The Balaban J connectivity index is 1.52. The fourth-order valence-electron chi connectivity index (χ4n) is 3.85. The van der Waals surface area contributed by atoms with Gasteiger partial charge >= 0.3 is 0 Å². The highest BCUT2D eigenvalue weighted by atomic mass is 16.5. The summed E-state index contributed by atoms with van der Waals surface area (Å²) in [5.41, 5.74) is 2.84. The Bertz CT molecular complexity index is 1010. The molecular formula is C22H27N5O2. The summed E-state index contributed by atoms with van der Waals surface area (Å²) in [4.78, 5) is 25.0. The number of ether oxygens (including phenoxy) is 1. The lowest BCUT2D eigenvalue weighted by Crippen LogP contribution is -2.47.